The van der Waals surface area contributed by atoms with Gasteiger partial charge in [0.25, 0.3) is 0 Å². The molecule has 0 saturated heterocycles. The van der Waals surface area contributed by atoms with Crippen molar-refractivity contribution in [2.75, 3.05) is 19.8 Å². The fourth-order valence-electron chi connectivity index (χ4n) is 2.52. The van der Waals surface area contributed by atoms with E-state index in [0.29, 0.717) is 49.2 Å². The van der Waals surface area contributed by atoms with Crippen LogP contribution in [0.25, 0.3) is 0 Å². The normalized spacial score (nSPS) is 13.0. The average Bonchev–Trinajstić information content (AvgIpc) is 3.05. The molecule has 1 aromatic heterocycles. The second-order valence-corrected chi connectivity index (χ2v) is 6.71. The van der Waals surface area contributed by atoms with Gasteiger partial charge in [-0.1, -0.05) is 17.7 Å². The van der Waals surface area contributed by atoms with E-state index in [2.05, 4.69) is 0 Å². The molecule has 0 saturated carbocycles. The van der Waals surface area contributed by atoms with Crippen molar-refractivity contribution in [3.05, 3.63) is 45.1 Å². The van der Waals surface area contributed by atoms with Crippen LogP contribution in [0.1, 0.15) is 17.4 Å². The molecule has 0 N–H and O–H groups in total. The van der Waals surface area contributed by atoms with Crippen molar-refractivity contribution in [1.29, 1.82) is 0 Å². The van der Waals surface area contributed by atoms with Gasteiger partial charge in [0.1, 0.15) is 13.2 Å². The van der Waals surface area contributed by atoms with Crippen LogP contribution in [0.15, 0.2) is 29.6 Å². The Bertz CT molecular complexity index is 687. The van der Waals surface area contributed by atoms with Crippen molar-refractivity contribution in [3.63, 3.8) is 0 Å². The van der Waals surface area contributed by atoms with E-state index >= 15 is 0 Å². The van der Waals surface area contributed by atoms with E-state index in [-0.39, 0.29) is 5.91 Å². The van der Waals surface area contributed by atoms with Gasteiger partial charge in [0.15, 0.2) is 11.5 Å². The van der Waals surface area contributed by atoms with Gasteiger partial charge in [-0.25, -0.2) is 0 Å². The van der Waals surface area contributed by atoms with Crippen molar-refractivity contribution < 1.29 is 14.3 Å². The van der Waals surface area contributed by atoms with Gasteiger partial charge < -0.3 is 14.4 Å². The largest absolute Gasteiger partial charge is 0.486 e. The Hall–Kier alpha value is -1.72. The summed E-state index contributed by atoms with van der Waals surface area (Å²) in [7, 11) is 0. The summed E-state index contributed by atoms with van der Waals surface area (Å²) in [5.41, 5.74) is 0.842. The molecule has 2 heterocycles. The molecule has 0 spiro atoms. The van der Waals surface area contributed by atoms with Crippen LogP contribution in [-0.2, 0) is 17.8 Å². The number of hydrogen-bond acceptors (Lipinski definition) is 4. The number of carbonyl (C=O) groups excluding carboxylic acids is 1. The Labute approximate surface area is 144 Å². The van der Waals surface area contributed by atoms with Crippen molar-refractivity contribution in [2.24, 2.45) is 0 Å². The third-order valence-electron chi connectivity index (χ3n) is 3.67. The van der Waals surface area contributed by atoms with Gasteiger partial charge in [0.2, 0.25) is 5.91 Å². The fourth-order valence-corrected chi connectivity index (χ4v) is 3.53. The first-order chi connectivity index (χ1) is 11.2. The number of likely N-dealkylation sites (N-methyl/N-ethyl adjacent to an activating group) is 1. The van der Waals surface area contributed by atoms with Crippen molar-refractivity contribution in [3.8, 4) is 11.5 Å². The lowest BCUT2D eigenvalue weighted by molar-refractivity contribution is -0.130. The molecule has 1 aliphatic rings. The van der Waals surface area contributed by atoms with Crippen molar-refractivity contribution >= 4 is 28.8 Å². The highest BCUT2D eigenvalue weighted by Gasteiger charge is 2.19. The topological polar surface area (TPSA) is 38.8 Å². The second kappa shape index (κ2) is 7.23. The summed E-state index contributed by atoms with van der Waals surface area (Å²) in [6.07, 6.45) is 0.301. The maximum Gasteiger partial charge on any atom is 0.227 e. The summed E-state index contributed by atoms with van der Waals surface area (Å²) in [6, 6.07) is 7.67. The van der Waals surface area contributed by atoms with E-state index in [1.807, 2.05) is 35.4 Å². The second-order valence-electron chi connectivity index (χ2n) is 5.27. The molecule has 0 aliphatic carbocycles. The molecule has 0 bridgehead atoms. The predicted octanol–water partition coefficient (Wildman–Crippen LogP) is 3.76. The highest BCUT2D eigenvalue weighted by Crippen LogP contribution is 2.38. The molecule has 0 unspecified atom stereocenters. The van der Waals surface area contributed by atoms with Crippen LogP contribution in [0.5, 0.6) is 11.5 Å². The van der Waals surface area contributed by atoms with E-state index in [9.17, 15) is 4.79 Å². The number of halogens is 1. The average molecular weight is 352 g/mol. The van der Waals surface area contributed by atoms with Gasteiger partial charge in [-0.3, -0.25) is 4.79 Å². The summed E-state index contributed by atoms with van der Waals surface area (Å²) in [5.74, 6) is 1.27. The number of carbonyl (C=O) groups is 1. The lowest BCUT2D eigenvalue weighted by Crippen LogP contribution is -2.31. The number of ether oxygens (including phenoxy) is 2. The van der Waals surface area contributed by atoms with E-state index in [1.165, 1.54) is 4.88 Å². The Morgan fingerprint density at radius 3 is 2.91 bits per heavy atom. The number of benzene rings is 1. The maximum atomic E-state index is 12.6. The molecule has 122 valence electrons. The van der Waals surface area contributed by atoms with Gasteiger partial charge in [0.05, 0.1) is 18.0 Å². The number of fused-ring (bicyclic) bond motifs is 1. The molecule has 1 aliphatic heterocycles. The third kappa shape index (κ3) is 3.79. The van der Waals surface area contributed by atoms with Crippen LogP contribution in [0.2, 0.25) is 5.02 Å². The molecule has 1 amide bonds. The molecule has 0 fully saturated rings. The van der Waals surface area contributed by atoms with Crippen LogP contribution in [0.3, 0.4) is 0 Å². The first-order valence-corrected chi connectivity index (χ1v) is 8.81. The van der Waals surface area contributed by atoms with E-state index in [0.717, 1.165) is 5.56 Å². The summed E-state index contributed by atoms with van der Waals surface area (Å²) in [4.78, 5) is 15.6. The highest BCUT2D eigenvalue weighted by molar-refractivity contribution is 7.09. The molecule has 0 atom stereocenters. The van der Waals surface area contributed by atoms with Crippen molar-refractivity contribution in [1.82, 2.24) is 4.90 Å². The Balaban J connectivity index is 1.72. The minimum atomic E-state index is 0.0774. The molecule has 6 heteroatoms. The summed E-state index contributed by atoms with van der Waals surface area (Å²) in [6.45, 7) is 4.30. The number of nitrogens with zero attached hydrogens (tertiary/aromatic N) is 1. The fraction of sp³-hybridized carbons (Fsp3) is 0.353. The van der Waals surface area contributed by atoms with Crippen LogP contribution in [-0.4, -0.2) is 30.6 Å². The van der Waals surface area contributed by atoms with Crippen molar-refractivity contribution in [2.45, 2.75) is 19.9 Å². The smallest absolute Gasteiger partial charge is 0.227 e. The zero-order valence-electron chi connectivity index (χ0n) is 12.9. The van der Waals surface area contributed by atoms with E-state index in [4.69, 9.17) is 21.1 Å². The highest BCUT2D eigenvalue weighted by atomic mass is 35.5. The zero-order chi connectivity index (χ0) is 16.2. The Kier molecular flexibility index (Phi) is 5.08. The van der Waals surface area contributed by atoms with Gasteiger partial charge >= 0.3 is 0 Å². The van der Waals surface area contributed by atoms with Gasteiger partial charge in [-0.05, 0) is 36.1 Å². The number of thiophene rings is 1. The molecule has 4 nitrogen and oxygen atoms in total. The van der Waals surface area contributed by atoms with Gasteiger partial charge in [0, 0.05) is 11.4 Å². The molecule has 2 aromatic rings. The number of amides is 1. The van der Waals surface area contributed by atoms with Crippen LogP contribution >= 0.6 is 22.9 Å². The first kappa shape index (κ1) is 16.1. The molecular formula is C17H18ClNO3S. The number of hydrogen-bond donors (Lipinski definition) is 0. The summed E-state index contributed by atoms with van der Waals surface area (Å²) < 4.78 is 11.1. The monoisotopic (exact) mass is 351 g/mol. The van der Waals surface area contributed by atoms with E-state index in [1.54, 1.807) is 17.4 Å². The Morgan fingerprint density at radius 2 is 2.17 bits per heavy atom. The molecule has 1 aromatic carbocycles. The maximum absolute atomic E-state index is 12.6. The Morgan fingerprint density at radius 1 is 1.35 bits per heavy atom. The number of rotatable bonds is 5. The standard InChI is InChI=1S/C17H18ClNO3S/c1-2-19(11-13-4-3-7-23-13)16(20)10-12-8-14(18)17-15(9-12)21-5-6-22-17/h3-4,7-9H,2,5-6,10-11H2,1H3. The minimum absolute atomic E-state index is 0.0774. The third-order valence-corrected chi connectivity index (χ3v) is 4.82. The van der Waals surface area contributed by atoms with Crippen LogP contribution < -0.4 is 9.47 Å². The summed E-state index contributed by atoms with van der Waals surface area (Å²) >= 11 is 7.89. The molecular weight excluding hydrogens is 334 g/mol. The first-order valence-electron chi connectivity index (χ1n) is 7.55. The van der Waals surface area contributed by atoms with Gasteiger partial charge in [-0.15, -0.1) is 11.3 Å². The van der Waals surface area contributed by atoms with E-state index < -0.39 is 0 Å². The lowest BCUT2D eigenvalue weighted by Gasteiger charge is -2.22. The molecule has 23 heavy (non-hydrogen) atoms. The SMILES string of the molecule is CCN(Cc1cccs1)C(=O)Cc1cc(Cl)c2c(c1)OCCO2. The lowest BCUT2D eigenvalue weighted by atomic mass is 10.1. The molecule has 3 rings (SSSR count). The predicted molar refractivity (Wildman–Crippen MR) is 91.6 cm³/mol. The zero-order valence-corrected chi connectivity index (χ0v) is 14.5. The van der Waals surface area contributed by atoms with Crippen LogP contribution in [0, 0.1) is 0 Å². The molecule has 0 radical (unpaired) electrons. The quantitative estimate of drug-likeness (QED) is 0.823. The van der Waals surface area contributed by atoms with Crippen LogP contribution in [0.4, 0.5) is 0 Å². The minimum Gasteiger partial charge on any atom is -0.486 e. The summed E-state index contributed by atoms with van der Waals surface area (Å²) in [5, 5.41) is 2.51. The van der Waals surface area contributed by atoms with Gasteiger partial charge in [-0.2, -0.15) is 0 Å².